The number of imidazole rings is 1. The number of likely N-dealkylation sites (tertiary alicyclic amines) is 1. The van der Waals surface area contributed by atoms with Gasteiger partial charge >= 0.3 is 0 Å². The number of hydrogen-bond donors (Lipinski definition) is 1. The molecule has 5 nitrogen and oxygen atoms in total. The molecule has 2 aliphatic rings. The molecule has 1 aromatic carbocycles. The van der Waals surface area contributed by atoms with Crippen LogP contribution in [0.1, 0.15) is 36.8 Å². The molecule has 1 aromatic heterocycles. The molecule has 1 N–H and O–H groups in total. The molecule has 0 bridgehead atoms. The van der Waals surface area contributed by atoms with E-state index in [0.29, 0.717) is 12.1 Å². The molecule has 3 heterocycles. The highest BCUT2D eigenvalue weighted by atomic mass is 16.5. The van der Waals surface area contributed by atoms with E-state index in [4.69, 9.17) is 4.74 Å². The van der Waals surface area contributed by atoms with Gasteiger partial charge in [0, 0.05) is 44.7 Å². The molecule has 0 unspecified atom stereocenters. The van der Waals surface area contributed by atoms with Crippen LogP contribution in [0.3, 0.4) is 0 Å². The highest BCUT2D eigenvalue weighted by molar-refractivity contribution is 5.14. The van der Waals surface area contributed by atoms with Crippen molar-refractivity contribution < 1.29 is 4.74 Å². The van der Waals surface area contributed by atoms with Gasteiger partial charge in [0.15, 0.2) is 0 Å². The van der Waals surface area contributed by atoms with Crippen molar-refractivity contribution in [3.63, 3.8) is 0 Å². The first kappa shape index (κ1) is 17.7. The maximum absolute atomic E-state index is 5.98. The Hall–Kier alpha value is -1.69. The lowest BCUT2D eigenvalue weighted by Gasteiger charge is -2.34. The highest BCUT2D eigenvalue weighted by Crippen LogP contribution is 2.29. The Balaban J connectivity index is 1.24. The quantitative estimate of drug-likeness (QED) is 0.866. The molecule has 2 aliphatic heterocycles. The number of rotatable bonds is 6. The largest absolute Gasteiger partial charge is 0.369 e. The molecule has 140 valence electrons. The molecular formula is C21H30N4O. The van der Waals surface area contributed by atoms with Crippen LogP contribution in [0.15, 0.2) is 42.7 Å². The number of nitrogens with one attached hydrogen (secondary N) is 1. The number of nitrogens with zero attached hydrogens (tertiary/aromatic N) is 3. The Labute approximate surface area is 156 Å². The Morgan fingerprint density at radius 2 is 1.96 bits per heavy atom. The fourth-order valence-electron chi connectivity index (χ4n) is 4.22. The van der Waals surface area contributed by atoms with Gasteiger partial charge in [0.1, 0.15) is 11.9 Å². The second kappa shape index (κ2) is 8.33. The van der Waals surface area contributed by atoms with Crippen molar-refractivity contribution in [3.8, 4) is 0 Å². The Bertz CT molecular complexity index is 678. The van der Waals surface area contributed by atoms with E-state index in [1.807, 2.05) is 19.4 Å². The lowest BCUT2D eigenvalue weighted by Crippen LogP contribution is -2.47. The maximum atomic E-state index is 5.98. The van der Waals surface area contributed by atoms with E-state index in [0.717, 1.165) is 25.3 Å². The zero-order chi connectivity index (χ0) is 17.8. The summed E-state index contributed by atoms with van der Waals surface area (Å²) in [6.45, 7) is 4.36. The van der Waals surface area contributed by atoms with Crippen LogP contribution < -0.4 is 5.32 Å². The summed E-state index contributed by atoms with van der Waals surface area (Å²) in [5.41, 5.74) is 1.44. The molecule has 0 aliphatic carbocycles. The summed E-state index contributed by atoms with van der Waals surface area (Å²) in [7, 11) is 2.05. The second-order valence-electron chi connectivity index (χ2n) is 7.60. The summed E-state index contributed by atoms with van der Waals surface area (Å²) in [4.78, 5) is 7.10. The minimum Gasteiger partial charge on any atom is -0.369 e. The average molecular weight is 354 g/mol. The summed E-state index contributed by atoms with van der Waals surface area (Å²) in [5, 5.41) is 3.87. The molecule has 0 saturated carbocycles. The van der Waals surface area contributed by atoms with Gasteiger partial charge in [-0.25, -0.2) is 4.98 Å². The molecule has 2 atom stereocenters. The van der Waals surface area contributed by atoms with Crippen LogP contribution >= 0.6 is 0 Å². The van der Waals surface area contributed by atoms with Crippen LogP contribution in [-0.2, 0) is 18.2 Å². The van der Waals surface area contributed by atoms with Crippen LogP contribution in [-0.4, -0.2) is 52.8 Å². The van der Waals surface area contributed by atoms with E-state index in [9.17, 15) is 0 Å². The van der Waals surface area contributed by atoms with Gasteiger partial charge in [-0.05, 0) is 44.3 Å². The van der Waals surface area contributed by atoms with Crippen LogP contribution in [0, 0.1) is 0 Å². The fourth-order valence-corrected chi connectivity index (χ4v) is 4.22. The Kier molecular flexibility index (Phi) is 5.68. The van der Waals surface area contributed by atoms with Crippen molar-refractivity contribution in [3.05, 3.63) is 54.1 Å². The van der Waals surface area contributed by atoms with E-state index in [2.05, 4.69) is 50.1 Å². The fraction of sp³-hybridized carbons (Fsp3) is 0.571. The molecule has 0 spiro atoms. The van der Waals surface area contributed by atoms with Gasteiger partial charge in [-0.3, -0.25) is 0 Å². The standard InChI is InChI=1S/C21H30N4O/c1-24-15-11-22-21(24)20-19(10-16-26-20)23-18-8-13-25(14-9-18)12-7-17-5-3-2-4-6-17/h2-6,11,15,18-20,23H,7-10,12-14,16H2,1H3/t19-,20-/m0/s1. The normalized spacial score (nSPS) is 25.0. The first-order chi connectivity index (χ1) is 12.8. The molecule has 0 radical (unpaired) electrons. The van der Waals surface area contributed by atoms with Gasteiger partial charge < -0.3 is 19.5 Å². The predicted molar refractivity (Wildman–Crippen MR) is 103 cm³/mol. The van der Waals surface area contributed by atoms with Crippen molar-refractivity contribution in [2.24, 2.45) is 7.05 Å². The maximum Gasteiger partial charge on any atom is 0.139 e. The minimum absolute atomic E-state index is 0.0890. The minimum atomic E-state index is 0.0890. The van der Waals surface area contributed by atoms with E-state index in [-0.39, 0.29) is 6.10 Å². The zero-order valence-electron chi connectivity index (χ0n) is 15.7. The number of piperidine rings is 1. The van der Waals surface area contributed by atoms with Gasteiger partial charge in [-0.2, -0.15) is 0 Å². The van der Waals surface area contributed by atoms with Gasteiger partial charge in [0.2, 0.25) is 0 Å². The third kappa shape index (κ3) is 4.17. The molecule has 2 saturated heterocycles. The molecular weight excluding hydrogens is 324 g/mol. The number of ether oxygens (including phenoxy) is 1. The first-order valence-electron chi connectivity index (χ1n) is 9.91. The van der Waals surface area contributed by atoms with E-state index in [1.54, 1.807) is 0 Å². The van der Waals surface area contributed by atoms with Crippen molar-refractivity contribution in [1.29, 1.82) is 0 Å². The van der Waals surface area contributed by atoms with E-state index in [1.165, 1.54) is 38.0 Å². The lowest BCUT2D eigenvalue weighted by atomic mass is 10.0. The van der Waals surface area contributed by atoms with Crippen molar-refractivity contribution in [2.75, 3.05) is 26.2 Å². The van der Waals surface area contributed by atoms with Gasteiger partial charge in [0.05, 0.1) is 0 Å². The summed E-state index contributed by atoms with van der Waals surface area (Å²) in [6.07, 6.45) is 8.61. The lowest BCUT2D eigenvalue weighted by molar-refractivity contribution is 0.0835. The van der Waals surface area contributed by atoms with Crippen molar-refractivity contribution >= 4 is 0 Å². The van der Waals surface area contributed by atoms with Crippen molar-refractivity contribution in [2.45, 2.75) is 43.9 Å². The topological polar surface area (TPSA) is 42.3 Å². The first-order valence-corrected chi connectivity index (χ1v) is 9.91. The van der Waals surface area contributed by atoms with Gasteiger partial charge in [-0.15, -0.1) is 0 Å². The molecule has 2 aromatic rings. The van der Waals surface area contributed by atoms with E-state index < -0.39 is 0 Å². The highest BCUT2D eigenvalue weighted by Gasteiger charge is 2.34. The monoisotopic (exact) mass is 354 g/mol. The third-order valence-corrected chi connectivity index (χ3v) is 5.80. The summed E-state index contributed by atoms with van der Waals surface area (Å²) in [5.74, 6) is 1.04. The van der Waals surface area contributed by atoms with Gasteiger partial charge in [-0.1, -0.05) is 30.3 Å². The molecule has 26 heavy (non-hydrogen) atoms. The Morgan fingerprint density at radius 1 is 1.15 bits per heavy atom. The molecule has 2 fully saturated rings. The Morgan fingerprint density at radius 3 is 2.69 bits per heavy atom. The number of aromatic nitrogens is 2. The second-order valence-corrected chi connectivity index (χ2v) is 7.60. The predicted octanol–water partition coefficient (Wildman–Crippen LogP) is 2.55. The summed E-state index contributed by atoms with van der Waals surface area (Å²) in [6, 6.07) is 11.8. The van der Waals surface area contributed by atoms with Crippen molar-refractivity contribution in [1.82, 2.24) is 19.8 Å². The summed E-state index contributed by atoms with van der Waals surface area (Å²) >= 11 is 0. The SMILES string of the molecule is Cn1ccnc1[C@H]1OCC[C@@H]1NC1CCN(CCc2ccccc2)CC1. The third-order valence-electron chi connectivity index (χ3n) is 5.80. The zero-order valence-corrected chi connectivity index (χ0v) is 15.7. The van der Waals surface area contributed by atoms with E-state index >= 15 is 0 Å². The average Bonchev–Trinajstić information content (AvgIpc) is 3.30. The van der Waals surface area contributed by atoms with Crippen LogP contribution in [0.25, 0.3) is 0 Å². The molecule has 0 amide bonds. The van der Waals surface area contributed by atoms with Gasteiger partial charge in [0.25, 0.3) is 0 Å². The summed E-state index contributed by atoms with van der Waals surface area (Å²) < 4.78 is 8.06. The molecule has 5 heteroatoms. The number of hydrogen-bond acceptors (Lipinski definition) is 4. The van der Waals surface area contributed by atoms with Crippen LogP contribution in [0.2, 0.25) is 0 Å². The van der Waals surface area contributed by atoms with Crippen LogP contribution in [0.4, 0.5) is 0 Å². The smallest absolute Gasteiger partial charge is 0.139 e. The number of benzene rings is 1. The van der Waals surface area contributed by atoms with Crippen LogP contribution in [0.5, 0.6) is 0 Å². The molecule has 4 rings (SSSR count). The number of aryl methyl sites for hydroxylation is 1.